The average Bonchev–Trinajstić information content (AvgIpc) is 3.08. The Morgan fingerprint density at radius 2 is 1.23 bits per heavy atom. The Hall–Kier alpha value is 0.571. The van der Waals surface area contributed by atoms with Crippen LogP contribution in [0.3, 0.4) is 0 Å². The molecule has 4 atom stereocenters. The van der Waals surface area contributed by atoms with Crippen molar-refractivity contribution in [2.45, 2.75) is 161 Å². The molecule has 186 valence electrons. The highest BCUT2D eigenvalue weighted by Crippen LogP contribution is 2.65. The molecule has 0 N–H and O–H groups in total. The molecular weight excluding hydrogens is 429 g/mol. The Morgan fingerprint density at radius 3 is 1.52 bits per heavy atom. The van der Waals surface area contributed by atoms with Crippen molar-refractivity contribution in [3.8, 4) is 0 Å². The third kappa shape index (κ3) is 5.47. The summed E-state index contributed by atoms with van der Waals surface area (Å²) in [6.45, 7) is 39.0. The van der Waals surface area contributed by atoms with Crippen molar-refractivity contribution in [3.05, 3.63) is 0 Å². The van der Waals surface area contributed by atoms with Gasteiger partial charge >= 0.3 is 0 Å². The third-order valence-corrected chi connectivity index (χ3v) is 27.6. The Labute approximate surface area is 199 Å². The van der Waals surface area contributed by atoms with E-state index < -0.39 is 24.7 Å². The van der Waals surface area contributed by atoms with E-state index in [9.17, 15) is 0 Å². The smallest absolute Gasteiger partial charge is 0.195 e. The molecule has 1 aliphatic heterocycles. The Morgan fingerprint density at radius 1 is 0.806 bits per heavy atom. The lowest BCUT2D eigenvalue weighted by molar-refractivity contribution is 0.0890. The van der Waals surface area contributed by atoms with Crippen LogP contribution in [0.5, 0.6) is 0 Å². The predicted molar refractivity (Wildman–Crippen MR) is 148 cm³/mol. The molecule has 1 heterocycles. The average molecular weight is 487 g/mol. The third-order valence-electron chi connectivity index (χ3n) is 10.3. The highest BCUT2D eigenvalue weighted by atomic mass is 28.4. The Kier molecular flexibility index (Phi) is 8.27. The molecule has 31 heavy (non-hydrogen) atoms. The molecule has 0 spiro atoms. The molecule has 5 heteroatoms. The van der Waals surface area contributed by atoms with E-state index in [1.165, 1.54) is 18.5 Å². The largest absolute Gasteiger partial charge is 0.414 e. The molecule has 0 amide bonds. The zero-order chi connectivity index (χ0) is 24.9. The van der Waals surface area contributed by atoms with E-state index >= 15 is 0 Å². The first-order chi connectivity index (χ1) is 13.5. The molecule has 0 aromatic rings. The summed E-state index contributed by atoms with van der Waals surface area (Å²) in [7, 11) is -5.72. The maximum absolute atomic E-state index is 7.47. The van der Waals surface area contributed by atoms with Crippen LogP contribution >= 0.6 is 0 Å². The summed E-state index contributed by atoms with van der Waals surface area (Å²) in [6, 6.07) is 2.55. The monoisotopic (exact) mass is 486 g/mol. The van der Waals surface area contributed by atoms with Crippen molar-refractivity contribution >= 4 is 24.7 Å². The molecule has 1 saturated heterocycles. The molecule has 1 fully saturated rings. The lowest BCUT2D eigenvalue weighted by Crippen LogP contribution is -2.73. The molecule has 2 nitrogen and oxygen atoms in total. The van der Waals surface area contributed by atoms with Gasteiger partial charge < -0.3 is 8.85 Å². The molecule has 4 unspecified atom stereocenters. The van der Waals surface area contributed by atoms with Gasteiger partial charge in [0.05, 0.1) is 0 Å². The Balaban J connectivity index is 3.65. The molecule has 0 aromatic carbocycles. The van der Waals surface area contributed by atoms with Gasteiger partial charge in [-0.05, 0) is 73.9 Å². The number of hydrogen-bond acceptors (Lipinski definition) is 2. The number of hydrogen-bond donors (Lipinski definition) is 0. The van der Waals surface area contributed by atoms with Crippen LogP contribution in [0, 0.1) is 5.41 Å². The summed E-state index contributed by atoms with van der Waals surface area (Å²) in [4.78, 5) is 0. The van der Waals surface area contributed by atoms with Gasteiger partial charge in [-0.3, -0.25) is 0 Å². The molecule has 0 aliphatic carbocycles. The summed E-state index contributed by atoms with van der Waals surface area (Å²) in [5, 5.41) is 0.446. The van der Waals surface area contributed by atoms with E-state index in [1.54, 1.807) is 0 Å². The van der Waals surface area contributed by atoms with Crippen molar-refractivity contribution in [3.63, 3.8) is 0 Å². The second kappa shape index (κ2) is 8.66. The minimum absolute atomic E-state index is 0.0681. The standard InChI is InChI=1S/C26H58O2Si3/c1-17-23(7,8)20-30(15,25(11,18-2)27-29(13,14)22(4,5)6)26(12,19-3)28-31(16)21-24(31,9)10/h17-21H2,1-16H3. The minimum Gasteiger partial charge on any atom is -0.414 e. The van der Waals surface area contributed by atoms with Gasteiger partial charge in [-0.15, -0.1) is 0 Å². The fraction of sp³-hybridized carbons (Fsp3) is 1.00. The van der Waals surface area contributed by atoms with Gasteiger partial charge in [0.25, 0.3) is 0 Å². The van der Waals surface area contributed by atoms with Crippen LogP contribution in [0.15, 0.2) is 0 Å². The predicted octanol–water partition coefficient (Wildman–Crippen LogP) is 9.32. The second-order valence-electron chi connectivity index (χ2n) is 14.5. The molecule has 0 radical (unpaired) electrons. The first-order valence-corrected chi connectivity index (χ1v) is 21.1. The van der Waals surface area contributed by atoms with E-state index in [4.69, 9.17) is 8.85 Å². The summed E-state index contributed by atoms with van der Waals surface area (Å²) < 4.78 is 14.9. The highest BCUT2D eigenvalue weighted by molar-refractivity contribution is 6.90. The van der Waals surface area contributed by atoms with E-state index in [2.05, 4.69) is 109 Å². The van der Waals surface area contributed by atoms with Gasteiger partial charge in [-0.25, -0.2) is 0 Å². The number of rotatable bonds is 11. The second-order valence-corrected chi connectivity index (χ2v) is 28.7. The van der Waals surface area contributed by atoms with Gasteiger partial charge in [0.15, 0.2) is 16.6 Å². The van der Waals surface area contributed by atoms with Crippen molar-refractivity contribution < 1.29 is 8.85 Å². The summed E-state index contributed by atoms with van der Waals surface area (Å²) in [5.41, 5.74) is 0.301. The normalized spacial score (nSPS) is 27.9. The van der Waals surface area contributed by atoms with E-state index in [0.29, 0.717) is 10.5 Å². The molecular formula is C26H58O2Si3. The van der Waals surface area contributed by atoms with Crippen LogP contribution < -0.4 is 0 Å². The maximum atomic E-state index is 7.47. The first kappa shape index (κ1) is 29.6. The van der Waals surface area contributed by atoms with Crippen molar-refractivity contribution in [1.82, 2.24) is 0 Å². The molecule has 1 aliphatic rings. The van der Waals surface area contributed by atoms with E-state index in [0.717, 1.165) is 12.8 Å². The van der Waals surface area contributed by atoms with Crippen molar-refractivity contribution in [1.29, 1.82) is 0 Å². The molecule has 0 aromatic heterocycles. The van der Waals surface area contributed by atoms with Crippen LogP contribution in [-0.2, 0) is 8.85 Å². The van der Waals surface area contributed by atoms with Gasteiger partial charge in [0, 0.05) is 10.4 Å². The summed E-state index contributed by atoms with van der Waals surface area (Å²) in [6.07, 6.45) is 3.36. The quantitative estimate of drug-likeness (QED) is 0.271. The van der Waals surface area contributed by atoms with Crippen LogP contribution in [0.1, 0.15) is 102 Å². The van der Waals surface area contributed by atoms with Crippen LogP contribution in [-0.4, -0.2) is 35.2 Å². The molecule has 0 bridgehead atoms. The topological polar surface area (TPSA) is 18.5 Å². The van der Waals surface area contributed by atoms with Crippen LogP contribution in [0.25, 0.3) is 0 Å². The van der Waals surface area contributed by atoms with Crippen molar-refractivity contribution in [2.24, 2.45) is 5.41 Å². The minimum atomic E-state index is -2.11. The fourth-order valence-corrected chi connectivity index (χ4v) is 19.6. The molecule has 0 saturated carbocycles. The molecule has 1 rings (SSSR count). The summed E-state index contributed by atoms with van der Waals surface area (Å²) >= 11 is 0. The van der Waals surface area contributed by atoms with Crippen LogP contribution in [0.2, 0.25) is 48.4 Å². The zero-order valence-electron chi connectivity index (χ0n) is 24.4. The lowest BCUT2D eigenvalue weighted by Gasteiger charge is -2.60. The van der Waals surface area contributed by atoms with Gasteiger partial charge in [0.2, 0.25) is 0 Å². The van der Waals surface area contributed by atoms with Crippen LogP contribution in [0.4, 0.5) is 0 Å². The SMILES string of the molecule is CCC(C)(C)C[Si](C)(C(C)(CC)O[Si](C)(C)C(C)(C)C)C(C)(CC)O[Si]1(C)CC1(C)C. The van der Waals surface area contributed by atoms with E-state index in [1.807, 2.05) is 0 Å². The van der Waals surface area contributed by atoms with Gasteiger partial charge in [-0.2, -0.15) is 0 Å². The fourth-order valence-electron chi connectivity index (χ4n) is 5.35. The highest BCUT2D eigenvalue weighted by Gasteiger charge is 2.68. The maximum Gasteiger partial charge on any atom is 0.195 e. The van der Waals surface area contributed by atoms with Gasteiger partial charge in [-0.1, -0.05) is 82.2 Å². The zero-order valence-corrected chi connectivity index (χ0v) is 27.4. The Bertz CT molecular complexity index is 639. The van der Waals surface area contributed by atoms with Gasteiger partial charge in [0.1, 0.15) is 8.07 Å². The summed E-state index contributed by atoms with van der Waals surface area (Å²) in [5.74, 6) is 0. The first-order valence-electron chi connectivity index (χ1n) is 12.9. The van der Waals surface area contributed by atoms with Crippen molar-refractivity contribution in [2.75, 3.05) is 0 Å². The lowest BCUT2D eigenvalue weighted by atomic mass is 9.93. The van der Waals surface area contributed by atoms with E-state index in [-0.39, 0.29) is 15.5 Å².